The van der Waals surface area contributed by atoms with E-state index in [1.165, 1.54) is 0 Å². The molecule has 0 spiro atoms. The average molecular weight is 325 g/mol. The normalized spacial score (nSPS) is 11.7. The summed E-state index contributed by atoms with van der Waals surface area (Å²) in [6.07, 6.45) is 2.58. The van der Waals surface area contributed by atoms with E-state index in [-0.39, 0.29) is 18.2 Å². The highest BCUT2D eigenvalue weighted by molar-refractivity contribution is 7.98. The van der Waals surface area contributed by atoms with E-state index in [1.807, 2.05) is 37.4 Å². The molecule has 0 bridgehead atoms. The first-order valence-corrected chi connectivity index (χ1v) is 8.62. The standard InChI is InChI=1S/C16H23NO4S/c1-12(11-22-2)16(20)17-10-13-5-7-14(8-6-13)21-9-3-4-15(18)19/h5-8,12H,3-4,9-11H2,1-2H3,(H,17,20)(H,18,19). The van der Waals surface area contributed by atoms with Crippen LogP contribution in [0, 0.1) is 5.92 Å². The fraction of sp³-hybridized carbons (Fsp3) is 0.500. The number of aliphatic carboxylic acids is 1. The van der Waals surface area contributed by atoms with Crippen molar-refractivity contribution in [1.29, 1.82) is 0 Å². The summed E-state index contributed by atoms with van der Waals surface area (Å²) in [5.74, 6) is 0.770. The van der Waals surface area contributed by atoms with Crippen molar-refractivity contribution in [2.24, 2.45) is 5.92 Å². The number of rotatable bonds is 10. The van der Waals surface area contributed by atoms with Gasteiger partial charge in [-0.25, -0.2) is 0 Å². The lowest BCUT2D eigenvalue weighted by Crippen LogP contribution is -2.29. The van der Waals surface area contributed by atoms with Gasteiger partial charge in [-0.3, -0.25) is 9.59 Å². The Morgan fingerprint density at radius 2 is 2.00 bits per heavy atom. The van der Waals surface area contributed by atoms with Crippen LogP contribution < -0.4 is 10.1 Å². The molecule has 0 aromatic heterocycles. The third-order valence-electron chi connectivity index (χ3n) is 3.06. The summed E-state index contributed by atoms with van der Waals surface area (Å²) < 4.78 is 5.45. The molecule has 0 heterocycles. The maximum atomic E-state index is 11.8. The number of amides is 1. The molecular weight excluding hydrogens is 302 g/mol. The van der Waals surface area contributed by atoms with Gasteiger partial charge in [0.15, 0.2) is 0 Å². The smallest absolute Gasteiger partial charge is 0.303 e. The van der Waals surface area contributed by atoms with E-state index < -0.39 is 5.97 Å². The van der Waals surface area contributed by atoms with E-state index in [1.54, 1.807) is 11.8 Å². The Morgan fingerprint density at radius 3 is 2.59 bits per heavy atom. The first kappa shape index (κ1) is 18.4. The van der Waals surface area contributed by atoms with Crippen molar-refractivity contribution in [1.82, 2.24) is 5.32 Å². The molecule has 1 amide bonds. The molecule has 0 saturated carbocycles. The van der Waals surface area contributed by atoms with Crippen LogP contribution in [0.3, 0.4) is 0 Å². The first-order chi connectivity index (χ1) is 10.5. The molecular formula is C16H23NO4S. The molecule has 0 saturated heterocycles. The molecule has 122 valence electrons. The molecule has 1 aromatic carbocycles. The van der Waals surface area contributed by atoms with Gasteiger partial charge in [0.1, 0.15) is 5.75 Å². The quantitative estimate of drug-likeness (QED) is 0.647. The van der Waals surface area contributed by atoms with Crippen molar-refractivity contribution in [3.63, 3.8) is 0 Å². The van der Waals surface area contributed by atoms with Gasteiger partial charge in [0, 0.05) is 24.6 Å². The summed E-state index contributed by atoms with van der Waals surface area (Å²) in [5.41, 5.74) is 1.00. The zero-order valence-electron chi connectivity index (χ0n) is 13.0. The van der Waals surface area contributed by atoms with Gasteiger partial charge in [0.2, 0.25) is 5.91 Å². The van der Waals surface area contributed by atoms with Crippen LogP contribution in [-0.4, -0.2) is 35.6 Å². The van der Waals surface area contributed by atoms with Crippen LogP contribution in [0.2, 0.25) is 0 Å². The van der Waals surface area contributed by atoms with Crippen molar-refractivity contribution in [2.75, 3.05) is 18.6 Å². The molecule has 0 fully saturated rings. The Balaban J connectivity index is 2.32. The van der Waals surface area contributed by atoms with E-state index >= 15 is 0 Å². The highest BCUT2D eigenvalue weighted by atomic mass is 32.2. The lowest BCUT2D eigenvalue weighted by molar-refractivity contribution is -0.137. The van der Waals surface area contributed by atoms with Crippen molar-refractivity contribution >= 4 is 23.6 Å². The number of carbonyl (C=O) groups is 2. The van der Waals surface area contributed by atoms with Crippen LogP contribution in [0.25, 0.3) is 0 Å². The maximum Gasteiger partial charge on any atom is 0.303 e. The van der Waals surface area contributed by atoms with E-state index in [9.17, 15) is 9.59 Å². The maximum absolute atomic E-state index is 11.8. The van der Waals surface area contributed by atoms with Crippen LogP contribution >= 0.6 is 11.8 Å². The Hall–Kier alpha value is -1.69. The van der Waals surface area contributed by atoms with Gasteiger partial charge in [-0.2, -0.15) is 11.8 Å². The number of carboxylic acids is 1. The summed E-state index contributed by atoms with van der Waals surface area (Å²) in [6.45, 7) is 2.80. The van der Waals surface area contributed by atoms with Gasteiger partial charge < -0.3 is 15.2 Å². The summed E-state index contributed by atoms with van der Waals surface area (Å²) in [6, 6.07) is 7.44. The predicted octanol–water partition coefficient (Wildman–Crippen LogP) is 2.55. The second kappa shape index (κ2) is 10.1. The fourth-order valence-corrected chi connectivity index (χ4v) is 2.46. The Kier molecular flexibility index (Phi) is 8.43. The highest BCUT2D eigenvalue weighted by Crippen LogP contribution is 2.13. The van der Waals surface area contributed by atoms with Gasteiger partial charge in [-0.15, -0.1) is 0 Å². The average Bonchev–Trinajstić information content (AvgIpc) is 2.50. The minimum atomic E-state index is -0.814. The molecule has 1 atom stereocenters. The second-order valence-corrected chi connectivity index (χ2v) is 5.97. The largest absolute Gasteiger partial charge is 0.494 e. The second-order valence-electron chi connectivity index (χ2n) is 5.06. The topological polar surface area (TPSA) is 75.6 Å². The van der Waals surface area contributed by atoms with Crippen LogP contribution in [0.1, 0.15) is 25.3 Å². The molecule has 0 aliphatic heterocycles. The van der Waals surface area contributed by atoms with Gasteiger partial charge in [-0.1, -0.05) is 19.1 Å². The van der Waals surface area contributed by atoms with E-state index in [0.29, 0.717) is 25.3 Å². The first-order valence-electron chi connectivity index (χ1n) is 7.23. The fourth-order valence-electron chi connectivity index (χ4n) is 1.81. The SMILES string of the molecule is CSCC(C)C(=O)NCc1ccc(OCCCC(=O)O)cc1. The third-order valence-corrected chi connectivity index (χ3v) is 3.89. The molecule has 1 unspecified atom stereocenters. The molecule has 1 aromatic rings. The molecule has 2 N–H and O–H groups in total. The zero-order chi connectivity index (χ0) is 16.4. The predicted molar refractivity (Wildman–Crippen MR) is 88.2 cm³/mol. The highest BCUT2D eigenvalue weighted by Gasteiger charge is 2.11. The molecule has 0 aliphatic rings. The van der Waals surface area contributed by atoms with Gasteiger partial charge in [0.25, 0.3) is 0 Å². The molecule has 0 radical (unpaired) electrons. The van der Waals surface area contributed by atoms with Crippen molar-refractivity contribution in [3.8, 4) is 5.75 Å². The van der Waals surface area contributed by atoms with Crippen molar-refractivity contribution in [3.05, 3.63) is 29.8 Å². The van der Waals surface area contributed by atoms with Crippen molar-refractivity contribution in [2.45, 2.75) is 26.3 Å². The Labute approximate surface area is 135 Å². The van der Waals surface area contributed by atoms with Gasteiger partial charge in [0.05, 0.1) is 6.61 Å². The number of nitrogens with one attached hydrogen (secondary N) is 1. The molecule has 1 rings (SSSR count). The van der Waals surface area contributed by atoms with E-state index in [2.05, 4.69) is 5.32 Å². The number of hydrogen-bond acceptors (Lipinski definition) is 4. The number of carboxylic acid groups (broad SMARTS) is 1. The van der Waals surface area contributed by atoms with Gasteiger partial charge in [-0.05, 0) is 30.4 Å². The minimum Gasteiger partial charge on any atom is -0.494 e. The summed E-state index contributed by atoms with van der Waals surface area (Å²) in [7, 11) is 0. The number of benzene rings is 1. The lowest BCUT2D eigenvalue weighted by atomic mass is 10.2. The third kappa shape index (κ3) is 7.36. The number of hydrogen-bond donors (Lipinski definition) is 2. The van der Waals surface area contributed by atoms with Crippen LogP contribution in [0.5, 0.6) is 5.75 Å². The van der Waals surface area contributed by atoms with E-state index in [4.69, 9.17) is 9.84 Å². The molecule has 5 nitrogen and oxygen atoms in total. The monoisotopic (exact) mass is 325 g/mol. The summed E-state index contributed by atoms with van der Waals surface area (Å²) in [5, 5.41) is 11.4. The molecule has 6 heteroatoms. The summed E-state index contributed by atoms with van der Waals surface area (Å²) in [4.78, 5) is 22.2. The minimum absolute atomic E-state index is 0.00633. The van der Waals surface area contributed by atoms with Crippen LogP contribution in [0.15, 0.2) is 24.3 Å². The number of carbonyl (C=O) groups excluding carboxylic acids is 1. The van der Waals surface area contributed by atoms with Crippen molar-refractivity contribution < 1.29 is 19.4 Å². The number of thioether (sulfide) groups is 1. The van der Waals surface area contributed by atoms with E-state index in [0.717, 1.165) is 11.3 Å². The Bertz CT molecular complexity index is 476. The van der Waals surface area contributed by atoms with Crippen LogP contribution in [0.4, 0.5) is 0 Å². The molecule has 0 aliphatic carbocycles. The van der Waals surface area contributed by atoms with Gasteiger partial charge >= 0.3 is 5.97 Å². The van der Waals surface area contributed by atoms with Crippen LogP contribution in [-0.2, 0) is 16.1 Å². The lowest BCUT2D eigenvalue weighted by Gasteiger charge is -2.11. The molecule has 22 heavy (non-hydrogen) atoms. The Morgan fingerprint density at radius 1 is 1.32 bits per heavy atom. The summed E-state index contributed by atoms with van der Waals surface area (Å²) >= 11 is 1.66. The zero-order valence-corrected chi connectivity index (χ0v) is 13.8. The number of ether oxygens (including phenoxy) is 1.